The third-order valence-corrected chi connectivity index (χ3v) is 13.0. The van der Waals surface area contributed by atoms with Gasteiger partial charge in [0.05, 0.1) is 24.4 Å². The zero-order valence-electron chi connectivity index (χ0n) is 36.8. The maximum atomic E-state index is 14.3. The Labute approximate surface area is 371 Å². The van der Waals surface area contributed by atoms with Crippen LogP contribution in [0.15, 0.2) is 60.0 Å². The first-order chi connectivity index (χ1) is 29.9. The summed E-state index contributed by atoms with van der Waals surface area (Å²) in [5.74, 6) is -0.782. The molecule has 1 unspecified atom stereocenters. The summed E-state index contributed by atoms with van der Waals surface area (Å²) in [6.07, 6.45) is 1.57. The lowest BCUT2D eigenvalue weighted by atomic mass is 9.85. The van der Waals surface area contributed by atoms with Gasteiger partial charge in [0.1, 0.15) is 53.3 Å². The number of hydrogen-bond donors (Lipinski definition) is 4. The minimum absolute atomic E-state index is 0.00575. The Balaban J connectivity index is 1.29. The molecule has 3 amide bonds. The molecule has 1 saturated heterocycles. The van der Waals surface area contributed by atoms with Crippen molar-refractivity contribution in [3.05, 3.63) is 60.0 Å². The molecule has 1 aliphatic heterocycles. The number of ether oxygens (including phenoxy) is 4. The molecular weight excluding hydrogens is 850 g/mol. The number of carbonyl (C=O) groups excluding carboxylic acids is 4. The number of alkyl carbamates (subject to hydrolysis) is 1. The van der Waals surface area contributed by atoms with Crippen molar-refractivity contribution in [3.8, 4) is 28.6 Å². The SMILES string of the molecule is CCOC(=O)[C@H](C)NP(=O)(COc1ccc2c(O[C@@H]3C[C@@H](C(N)=O)N(C(=O)[C@@H](NC(=O)OC4CCCC4)C(C)(C)C)C3)cc(-c3csc(NC(C)C)n3)nc2c1)Oc1ccccc1. The molecule has 2 aromatic carbocycles. The minimum Gasteiger partial charge on any atom is -0.488 e. The molecule has 2 aliphatic rings. The van der Waals surface area contributed by atoms with E-state index in [-0.39, 0.29) is 31.7 Å². The molecule has 0 radical (unpaired) electrons. The van der Waals surface area contributed by atoms with Crippen LogP contribution in [0.1, 0.15) is 80.6 Å². The normalized spacial score (nSPS) is 18.6. The van der Waals surface area contributed by atoms with Gasteiger partial charge in [0, 0.05) is 35.4 Å². The second kappa shape index (κ2) is 20.4. The average molecular weight is 908 g/mol. The Hall–Kier alpha value is -5.45. The highest BCUT2D eigenvalue weighted by atomic mass is 32.1. The number of nitrogens with zero attached hydrogens (tertiary/aromatic N) is 3. The number of esters is 1. The molecule has 340 valence electrons. The number of pyridine rings is 1. The summed E-state index contributed by atoms with van der Waals surface area (Å²) < 4.78 is 43.7. The summed E-state index contributed by atoms with van der Waals surface area (Å²) in [6.45, 7) is 12.9. The number of para-hydroxylation sites is 1. The van der Waals surface area contributed by atoms with Gasteiger partial charge in [0.2, 0.25) is 11.8 Å². The third kappa shape index (κ3) is 12.4. The number of nitrogens with two attached hydrogens (primary N) is 1. The van der Waals surface area contributed by atoms with Crippen LogP contribution >= 0.6 is 18.9 Å². The quantitative estimate of drug-likeness (QED) is 0.0571. The van der Waals surface area contributed by atoms with Gasteiger partial charge < -0.3 is 44.7 Å². The van der Waals surface area contributed by atoms with Crippen LogP contribution in [0, 0.1) is 5.41 Å². The van der Waals surface area contributed by atoms with E-state index in [0.29, 0.717) is 44.7 Å². The molecule has 63 heavy (non-hydrogen) atoms. The van der Waals surface area contributed by atoms with Gasteiger partial charge in [-0.2, -0.15) is 0 Å². The second-order valence-corrected chi connectivity index (χ2v) is 20.0. The van der Waals surface area contributed by atoms with Gasteiger partial charge in [-0.1, -0.05) is 39.0 Å². The van der Waals surface area contributed by atoms with Crippen LogP contribution in [0.25, 0.3) is 22.3 Å². The van der Waals surface area contributed by atoms with E-state index in [1.54, 1.807) is 61.5 Å². The lowest BCUT2D eigenvalue weighted by molar-refractivity contribution is -0.144. The molecule has 17 nitrogen and oxygen atoms in total. The van der Waals surface area contributed by atoms with Gasteiger partial charge in [-0.15, -0.1) is 11.3 Å². The summed E-state index contributed by atoms with van der Waals surface area (Å²) in [4.78, 5) is 63.8. The van der Waals surface area contributed by atoms with Gasteiger partial charge in [-0.3, -0.25) is 18.9 Å². The van der Waals surface area contributed by atoms with Crippen LogP contribution in [0.3, 0.4) is 0 Å². The topological polar surface area (TPSA) is 223 Å². The minimum atomic E-state index is -3.89. The number of rotatable bonds is 18. The Kier molecular flexibility index (Phi) is 15.2. The maximum absolute atomic E-state index is 14.3. The fraction of sp³-hybridized carbons (Fsp3) is 0.500. The smallest absolute Gasteiger partial charge is 0.408 e. The van der Waals surface area contributed by atoms with Crippen LogP contribution in [-0.4, -0.2) is 94.6 Å². The van der Waals surface area contributed by atoms with Crippen LogP contribution in [0.5, 0.6) is 17.2 Å². The predicted molar refractivity (Wildman–Crippen MR) is 240 cm³/mol. The summed E-state index contributed by atoms with van der Waals surface area (Å²) in [5, 5.41) is 12.0. The van der Waals surface area contributed by atoms with Crippen molar-refractivity contribution in [1.29, 1.82) is 0 Å². The number of fused-ring (bicyclic) bond motifs is 1. The number of benzene rings is 2. The van der Waals surface area contributed by atoms with E-state index in [4.69, 9.17) is 39.2 Å². The molecule has 5 atom stereocenters. The van der Waals surface area contributed by atoms with Gasteiger partial charge >= 0.3 is 19.6 Å². The molecule has 5 N–H and O–H groups in total. The molecule has 2 fully saturated rings. The Bertz CT molecular complexity index is 2300. The number of hydrogen-bond acceptors (Lipinski definition) is 14. The van der Waals surface area contributed by atoms with E-state index >= 15 is 0 Å². The zero-order valence-corrected chi connectivity index (χ0v) is 38.5. The van der Waals surface area contributed by atoms with Gasteiger partial charge in [0.15, 0.2) is 11.5 Å². The summed E-state index contributed by atoms with van der Waals surface area (Å²) >= 11 is 1.42. The Morgan fingerprint density at radius 3 is 2.37 bits per heavy atom. The van der Waals surface area contributed by atoms with Crippen LogP contribution in [-0.2, 0) is 28.4 Å². The zero-order chi connectivity index (χ0) is 45.5. The van der Waals surface area contributed by atoms with Gasteiger partial charge in [-0.05, 0) is 83.1 Å². The number of anilines is 1. The van der Waals surface area contributed by atoms with Crippen molar-refractivity contribution in [2.75, 3.05) is 24.8 Å². The number of thiazole rings is 1. The largest absolute Gasteiger partial charge is 0.488 e. The number of likely N-dealkylation sites (tertiary alicyclic amines) is 1. The standard InChI is InChI=1S/C44H58N7O10PS/c1-8-57-41(54)27(4)50-62(56,61-29-16-10-9-11-17-29)25-58-30-18-19-32-33(20-30)47-34(35-24-63-42(48-35)46-26(2)3)22-37(32)59-31-21-36(39(45)52)51(23-31)40(53)38(44(5,6)7)49-43(55)60-28-14-12-13-15-28/h9-11,16-20,22,24,26-28,31,36,38H,8,12-15,21,23,25H2,1-7H3,(H2,45,52)(H,46,48)(H,49,55)(H,50,56)/t27-,31+,36-,38+,62?/m0/s1. The van der Waals surface area contributed by atoms with E-state index < -0.39 is 67.4 Å². The highest BCUT2D eigenvalue weighted by molar-refractivity contribution is 7.57. The van der Waals surface area contributed by atoms with E-state index in [0.717, 1.165) is 25.7 Å². The second-order valence-electron chi connectivity index (χ2n) is 17.1. The monoisotopic (exact) mass is 907 g/mol. The molecule has 6 rings (SSSR count). The highest BCUT2D eigenvalue weighted by Crippen LogP contribution is 2.44. The van der Waals surface area contributed by atoms with Crippen molar-refractivity contribution in [2.24, 2.45) is 11.1 Å². The number of nitrogens with one attached hydrogen (secondary N) is 3. The van der Waals surface area contributed by atoms with E-state index in [2.05, 4.69) is 15.7 Å². The Morgan fingerprint density at radius 2 is 1.70 bits per heavy atom. The number of aromatic nitrogens is 2. The summed E-state index contributed by atoms with van der Waals surface area (Å²) in [7, 11) is -3.89. The summed E-state index contributed by atoms with van der Waals surface area (Å²) in [6, 6.07) is 12.5. The maximum Gasteiger partial charge on any atom is 0.408 e. The molecule has 0 bridgehead atoms. The van der Waals surface area contributed by atoms with E-state index in [1.165, 1.54) is 23.2 Å². The average Bonchev–Trinajstić information content (AvgIpc) is 4.01. The molecule has 2 aromatic heterocycles. The van der Waals surface area contributed by atoms with E-state index in [9.17, 15) is 23.7 Å². The van der Waals surface area contributed by atoms with Crippen molar-refractivity contribution in [1.82, 2.24) is 25.3 Å². The predicted octanol–water partition coefficient (Wildman–Crippen LogP) is 7.25. The fourth-order valence-electron chi connectivity index (χ4n) is 7.42. The van der Waals surface area contributed by atoms with Crippen molar-refractivity contribution in [2.45, 2.75) is 117 Å². The van der Waals surface area contributed by atoms with Gasteiger partial charge in [0.25, 0.3) is 0 Å². The van der Waals surface area contributed by atoms with Crippen molar-refractivity contribution in [3.63, 3.8) is 0 Å². The lowest BCUT2D eigenvalue weighted by Crippen LogP contribution is -2.57. The van der Waals surface area contributed by atoms with Crippen molar-refractivity contribution >= 4 is 58.8 Å². The number of carbonyl (C=O) groups is 4. The third-order valence-electron chi connectivity index (χ3n) is 10.5. The first kappa shape index (κ1) is 47.0. The molecule has 19 heteroatoms. The highest BCUT2D eigenvalue weighted by Gasteiger charge is 2.45. The lowest BCUT2D eigenvalue weighted by Gasteiger charge is -2.34. The Morgan fingerprint density at radius 1 is 0.968 bits per heavy atom. The fourth-order valence-corrected chi connectivity index (χ4v) is 9.92. The molecule has 1 saturated carbocycles. The number of primary amides is 1. The van der Waals surface area contributed by atoms with Gasteiger partial charge in [-0.25, -0.2) is 19.8 Å². The molecule has 0 spiro atoms. The van der Waals surface area contributed by atoms with Crippen LogP contribution in [0.2, 0.25) is 0 Å². The molecular formula is C44H58N7O10PS. The summed E-state index contributed by atoms with van der Waals surface area (Å²) in [5.41, 5.74) is 6.65. The van der Waals surface area contributed by atoms with Crippen molar-refractivity contribution < 1.29 is 47.2 Å². The molecule has 4 aromatic rings. The molecule has 1 aliphatic carbocycles. The van der Waals surface area contributed by atoms with Crippen LogP contribution in [0.4, 0.5) is 9.93 Å². The molecule has 3 heterocycles. The number of amides is 3. The van der Waals surface area contributed by atoms with Crippen LogP contribution < -0.4 is 35.5 Å². The first-order valence-electron chi connectivity index (χ1n) is 21.2. The van der Waals surface area contributed by atoms with E-state index in [1.807, 2.05) is 40.0 Å². The first-order valence-corrected chi connectivity index (χ1v) is 23.9.